The smallest absolute Gasteiger partial charge is 0.136 e. The van der Waals surface area contributed by atoms with E-state index in [9.17, 15) is 4.79 Å². The van der Waals surface area contributed by atoms with Crippen LogP contribution in [-0.2, 0) is 11.2 Å². The monoisotopic (exact) mass is 194 g/mol. The predicted octanol–water partition coefficient (Wildman–Crippen LogP) is 3.05. The molecule has 1 heterocycles. The number of hydrogen-bond acceptors (Lipinski definition) is 2. The Bertz CT molecular complexity index is 276. The molecule has 2 heteroatoms. The van der Waals surface area contributed by atoms with Crippen LogP contribution in [0.25, 0.3) is 0 Å². The largest absolute Gasteiger partial charge is 0.299 e. The minimum atomic E-state index is 0.323. The van der Waals surface area contributed by atoms with E-state index in [0.29, 0.717) is 11.7 Å². The molecule has 0 saturated heterocycles. The topological polar surface area (TPSA) is 17.1 Å². The first kappa shape index (κ1) is 8.95. The lowest BCUT2D eigenvalue weighted by atomic mass is 9.84. The SMILES string of the molecule is O=C1CCCCC1Cc1ccsc1. The van der Waals surface area contributed by atoms with Gasteiger partial charge >= 0.3 is 0 Å². The summed E-state index contributed by atoms with van der Waals surface area (Å²) in [5.41, 5.74) is 1.34. The summed E-state index contributed by atoms with van der Waals surface area (Å²) >= 11 is 1.72. The predicted molar refractivity (Wildman–Crippen MR) is 55.0 cm³/mol. The molecule has 0 aliphatic heterocycles. The van der Waals surface area contributed by atoms with Crippen molar-refractivity contribution in [3.63, 3.8) is 0 Å². The summed E-state index contributed by atoms with van der Waals surface area (Å²) in [5.74, 6) is 0.806. The molecule has 1 unspecified atom stereocenters. The van der Waals surface area contributed by atoms with Gasteiger partial charge in [-0.15, -0.1) is 0 Å². The lowest BCUT2D eigenvalue weighted by molar-refractivity contribution is -0.124. The van der Waals surface area contributed by atoms with Crippen molar-refractivity contribution in [3.05, 3.63) is 22.4 Å². The molecule has 1 aromatic heterocycles. The van der Waals surface area contributed by atoms with Crippen LogP contribution in [-0.4, -0.2) is 5.78 Å². The molecule has 0 bridgehead atoms. The molecule has 1 nitrogen and oxygen atoms in total. The van der Waals surface area contributed by atoms with Gasteiger partial charge in [0.2, 0.25) is 0 Å². The molecule has 1 atom stereocenters. The standard InChI is InChI=1S/C11H14OS/c12-11-4-2-1-3-10(11)7-9-5-6-13-8-9/h5-6,8,10H,1-4,7H2. The number of Topliss-reactive ketones (excluding diaryl/α,β-unsaturated/α-hetero) is 1. The van der Waals surface area contributed by atoms with E-state index >= 15 is 0 Å². The Morgan fingerprint density at radius 2 is 2.38 bits per heavy atom. The maximum Gasteiger partial charge on any atom is 0.136 e. The van der Waals surface area contributed by atoms with E-state index < -0.39 is 0 Å². The third kappa shape index (κ3) is 2.19. The number of ketones is 1. The second-order valence-electron chi connectivity index (χ2n) is 3.74. The first-order valence-corrected chi connectivity index (χ1v) is 5.84. The Morgan fingerprint density at radius 3 is 3.08 bits per heavy atom. The van der Waals surface area contributed by atoms with Gasteiger partial charge in [0.25, 0.3) is 0 Å². The quantitative estimate of drug-likeness (QED) is 0.707. The van der Waals surface area contributed by atoms with Crippen LogP contribution in [0.15, 0.2) is 16.8 Å². The van der Waals surface area contributed by atoms with Crippen LogP contribution in [0.4, 0.5) is 0 Å². The summed E-state index contributed by atoms with van der Waals surface area (Å²) in [7, 11) is 0. The van der Waals surface area contributed by atoms with Gasteiger partial charge in [0.1, 0.15) is 5.78 Å². The second-order valence-corrected chi connectivity index (χ2v) is 4.52. The van der Waals surface area contributed by atoms with Crippen molar-refractivity contribution >= 4 is 17.1 Å². The molecule has 0 N–H and O–H groups in total. The highest BCUT2D eigenvalue weighted by Gasteiger charge is 2.22. The fraction of sp³-hybridized carbons (Fsp3) is 0.545. The summed E-state index contributed by atoms with van der Waals surface area (Å²) in [4.78, 5) is 11.5. The normalized spacial score (nSPS) is 23.4. The zero-order valence-electron chi connectivity index (χ0n) is 7.66. The maximum absolute atomic E-state index is 11.5. The highest BCUT2D eigenvalue weighted by atomic mass is 32.1. The average Bonchev–Trinajstić information content (AvgIpc) is 2.61. The maximum atomic E-state index is 11.5. The Balaban J connectivity index is 1.97. The Labute approximate surface area is 82.8 Å². The zero-order valence-corrected chi connectivity index (χ0v) is 8.48. The summed E-state index contributed by atoms with van der Waals surface area (Å²) < 4.78 is 0. The van der Waals surface area contributed by atoms with Crippen LogP contribution in [0.3, 0.4) is 0 Å². The molecular weight excluding hydrogens is 180 g/mol. The van der Waals surface area contributed by atoms with Gasteiger partial charge in [-0.3, -0.25) is 4.79 Å². The number of carbonyl (C=O) groups excluding carboxylic acids is 1. The lowest BCUT2D eigenvalue weighted by Crippen LogP contribution is -2.20. The molecule has 0 aromatic carbocycles. The van der Waals surface area contributed by atoms with Gasteiger partial charge in [-0.05, 0) is 41.7 Å². The number of rotatable bonds is 2. The van der Waals surface area contributed by atoms with E-state index in [1.54, 1.807) is 11.3 Å². The van der Waals surface area contributed by atoms with E-state index in [1.165, 1.54) is 12.0 Å². The van der Waals surface area contributed by atoms with Crippen LogP contribution in [0.1, 0.15) is 31.2 Å². The Morgan fingerprint density at radius 1 is 1.46 bits per heavy atom. The van der Waals surface area contributed by atoms with E-state index in [4.69, 9.17) is 0 Å². The molecule has 1 aromatic rings. The van der Waals surface area contributed by atoms with Gasteiger partial charge in [-0.2, -0.15) is 11.3 Å². The van der Waals surface area contributed by atoms with Crippen LogP contribution >= 0.6 is 11.3 Å². The van der Waals surface area contributed by atoms with Crippen molar-refractivity contribution < 1.29 is 4.79 Å². The average molecular weight is 194 g/mol. The van der Waals surface area contributed by atoms with Crippen molar-refractivity contribution in [2.24, 2.45) is 5.92 Å². The van der Waals surface area contributed by atoms with Gasteiger partial charge < -0.3 is 0 Å². The number of carbonyl (C=O) groups is 1. The van der Waals surface area contributed by atoms with Crippen molar-refractivity contribution in [1.29, 1.82) is 0 Å². The highest BCUT2D eigenvalue weighted by molar-refractivity contribution is 7.07. The first-order valence-electron chi connectivity index (χ1n) is 4.90. The molecule has 1 saturated carbocycles. The molecule has 13 heavy (non-hydrogen) atoms. The molecule has 0 amide bonds. The molecule has 70 valence electrons. The van der Waals surface area contributed by atoms with E-state index in [0.717, 1.165) is 25.7 Å². The first-order chi connectivity index (χ1) is 6.36. The van der Waals surface area contributed by atoms with Crippen LogP contribution < -0.4 is 0 Å². The Kier molecular flexibility index (Phi) is 2.79. The van der Waals surface area contributed by atoms with Crippen LogP contribution in [0.5, 0.6) is 0 Å². The number of hydrogen-bond donors (Lipinski definition) is 0. The van der Waals surface area contributed by atoms with E-state index in [-0.39, 0.29) is 0 Å². The molecule has 1 fully saturated rings. The van der Waals surface area contributed by atoms with Gasteiger partial charge in [0.15, 0.2) is 0 Å². The lowest BCUT2D eigenvalue weighted by Gasteiger charge is -2.19. The summed E-state index contributed by atoms with van der Waals surface area (Å²) in [6.07, 6.45) is 5.24. The zero-order chi connectivity index (χ0) is 9.10. The fourth-order valence-electron chi connectivity index (χ4n) is 1.96. The number of thiophene rings is 1. The summed E-state index contributed by atoms with van der Waals surface area (Å²) in [6, 6.07) is 2.13. The third-order valence-electron chi connectivity index (χ3n) is 2.74. The van der Waals surface area contributed by atoms with Crippen molar-refractivity contribution in [2.75, 3.05) is 0 Å². The van der Waals surface area contributed by atoms with E-state index in [2.05, 4.69) is 16.8 Å². The molecule has 1 aliphatic rings. The van der Waals surface area contributed by atoms with Crippen LogP contribution in [0, 0.1) is 5.92 Å². The van der Waals surface area contributed by atoms with Crippen molar-refractivity contribution in [3.8, 4) is 0 Å². The highest BCUT2D eigenvalue weighted by Crippen LogP contribution is 2.24. The van der Waals surface area contributed by atoms with Gasteiger partial charge in [0, 0.05) is 12.3 Å². The van der Waals surface area contributed by atoms with Gasteiger partial charge in [-0.25, -0.2) is 0 Å². The molecule has 2 rings (SSSR count). The van der Waals surface area contributed by atoms with E-state index in [1.807, 2.05) is 0 Å². The minimum Gasteiger partial charge on any atom is -0.299 e. The van der Waals surface area contributed by atoms with Crippen molar-refractivity contribution in [2.45, 2.75) is 32.1 Å². The molecule has 1 aliphatic carbocycles. The third-order valence-corrected chi connectivity index (χ3v) is 3.48. The second kappa shape index (κ2) is 4.05. The fourth-order valence-corrected chi connectivity index (χ4v) is 2.65. The summed E-state index contributed by atoms with van der Waals surface area (Å²) in [6.45, 7) is 0. The molecule has 0 spiro atoms. The summed E-state index contributed by atoms with van der Waals surface area (Å²) in [5, 5.41) is 4.24. The van der Waals surface area contributed by atoms with Gasteiger partial charge in [-0.1, -0.05) is 6.42 Å². The van der Waals surface area contributed by atoms with Crippen molar-refractivity contribution in [1.82, 2.24) is 0 Å². The molecule has 0 radical (unpaired) electrons. The van der Waals surface area contributed by atoms with Gasteiger partial charge in [0.05, 0.1) is 0 Å². The minimum absolute atomic E-state index is 0.323. The Hall–Kier alpha value is -0.630. The van der Waals surface area contributed by atoms with Crippen LogP contribution in [0.2, 0.25) is 0 Å². The molecular formula is C11H14OS.